The van der Waals surface area contributed by atoms with E-state index in [4.69, 9.17) is 4.74 Å². The molecule has 1 aliphatic carbocycles. The topological polar surface area (TPSA) is 9.23 Å². The predicted molar refractivity (Wildman–Crippen MR) is 45.5 cm³/mol. The van der Waals surface area contributed by atoms with E-state index in [1.165, 1.54) is 18.4 Å². The van der Waals surface area contributed by atoms with Crippen LogP contribution in [0.15, 0.2) is 22.8 Å². The highest BCUT2D eigenvalue weighted by Gasteiger charge is 2.16. The minimum absolute atomic E-state index is 0.859. The third-order valence-electron chi connectivity index (χ3n) is 2.57. The number of allylic oxidation sites excluding steroid dienone is 2. The first-order valence-electron chi connectivity index (χ1n) is 4.33. The molecule has 0 radical (unpaired) electrons. The van der Waals surface area contributed by atoms with E-state index in [-0.39, 0.29) is 0 Å². The lowest BCUT2D eigenvalue weighted by Gasteiger charge is -2.24. The van der Waals surface area contributed by atoms with E-state index in [2.05, 4.69) is 13.0 Å². The van der Waals surface area contributed by atoms with Crippen molar-refractivity contribution in [2.24, 2.45) is 0 Å². The van der Waals surface area contributed by atoms with Gasteiger partial charge in [-0.2, -0.15) is 0 Å². The van der Waals surface area contributed by atoms with Gasteiger partial charge < -0.3 is 4.74 Å². The lowest BCUT2D eigenvalue weighted by atomic mass is 9.89. The first-order chi connectivity index (χ1) is 5.38. The maximum Gasteiger partial charge on any atom is 0.0719 e. The van der Waals surface area contributed by atoms with Crippen LogP contribution in [0.5, 0.6) is 0 Å². The average Bonchev–Trinajstić information content (AvgIpc) is 2.06. The van der Waals surface area contributed by atoms with Crippen LogP contribution in [0.1, 0.15) is 26.2 Å². The summed E-state index contributed by atoms with van der Waals surface area (Å²) in [5.41, 5.74) is 4.59. The second-order valence-electron chi connectivity index (χ2n) is 3.33. The van der Waals surface area contributed by atoms with E-state index < -0.39 is 0 Å². The van der Waals surface area contributed by atoms with Gasteiger partial charge in [-0.3, -0.25) is 0 Å². The minimum Gasteiger partial charge on any atom is -0.376 e. The molecule has 1 saturated heterocycles. The van der Waals surface area contributed by atoms with Crippen molar-refractivity contribution >= 4 is 0 Å². The van der Waals surface area contributed by atoms with Gasteiger partial charge in [0.15, 0.2) is 0 Å². The summed E-state index contributed by atoms with van der Waals surface area (Å²) < 4.78 is 5.41. The second kappa shape index (κ2) is 2.82. The minimum atomic E-state index is 0.859. The smallest absolute Gasteiger partial charge is 0.0719 e. The zero-order chi connectivity index (χ0) is 7.68. The second-order valence-corrected chi connectivity index (χ2v) is 3.33. The molecular formula is C10H14O. The highest BCUT2D eigenvalue weighted by atomic mass is 16.5. The number of fused-ring (bicyclic) bond motifs is 1. The summed E-state index contributed by atoms with van der Waals surface area (Å²) in [7, 11) is 0. The van der Waals surface area contributed by atoms with Crippen LogP contribution >= 0.6 is 0 Å². The van der Waals surface area contributed by atoms with Crippen molar-refractivity contribution in [2.45, 2.75) is 26.2 Å². The maximum atomic E-state index is 5.41. The van der Waals surface area contributed by atoms with Crippen molar-refractivity contribution < 1.29 is 4.74 Å². The highest BCUT2D eigenvalue weighted by Crippen LogP contribution is 2.29. The van der Waals surface area contributed by atoms with Crippen LogP contribution in [0.4, 0.5) is 0 Å². The number of rotatable bonds is 0. The van der Waals surface area contributed by atoms with Crippen LogP contribution in [0.3, 0.4) is 0 Å². The van der Waals surface area contributed by atoms with Crippen LogP contribution < -0.4 is 0 Å². The summed E-state index contributed by atoms with van der Waals surface area (Å²) in [6.45, 7) is 4.01. The molecule has 0 spiro atoms. The Bertz CT molecular complexity index is 223. The van der Waals surface area contributed by atoms with Crippen LogP contribution in [-0.4, -0.2) is 13.2 Å². The molecule has 0 atom stereocenters. The molecule has 0 N–H and O–H groups in total. The van der Waals surface area contributed by atoms with Crippen LogP contribution in [-0.2, 0) is 4.74 Å². The van der Waals surface area contributed by atoms with Gasteiger partial charge in [0, 0.05) is 0 Å². The summed E-state index contributed by atoms with van der Waals surface area (Å²) >= 11 is 0. The fourth-order valence-electron chi connectivity index (χ4n) is 1.84. The van der Waals surface area contributed by atoms with Gasteiger partial charge in [0.05, 0.1) is 13.2 Å². The Labute approximate surface area is 67.7 Å². The van der Waals surface area contributed by atoms with Crippen molar-refractivity contribution in [3.8, 4) is 0 Å². The highest BCUT2D eigenvalue weighted by molar-refractivity contribution is 5.39. The summed E-state index contributed by atoms with van der Waals surface area (Å²) in [5.74, 6) is 0. The van der Waals surface area contributed by atoms with Crippen molar-refractivity contribution in [3.05, 3.63) is 22.8 Å². The summed E-state index contributed by atoms with van der Waals surface area (Å²) in [4.78, 5) is 0. The maximum absolute atomic E-state index is 5.41. The number of hydrogen-bond donors (Lipinski definition) is 0. The zero-order valence-electron chi connectivity index (χ0n) is 7.02. The van der Waals surface area contributed by atoms with E-state index in [1.54, 1.807) is 11.1 Å². The van der Waals surface area contributed by atoms with E-state index in [1.807, 2.05) is 0 Å². The van der Waals surface area contributed by atoms with Gasteiger partial charge in [-0.05, 0) is 37.3 Å². The van der Waals surface area contributed by atoms with Crippen LogP contribution in [0, 0.1) is 0 Å². The van der Waals surface area contributed by atoms with Gasteiger partial charge in [-0.1, -0.05) is 11.6 Å². The van der Waals surface area contributed by atoms with Crippen molar-refractivity contribution in [1.82, 2.24) is 0 Å². The van der Waals surface area contributed by atoms with Gasteiger partial charge in [-0.25, -0.2) is 0 Å². The molecule has 1 nitrogen and oxygen atoms in total. The molecule has 0 aromatic heterocycles. The molecule has 0 saturated carbocycles. The molecule has 60 valence electrons. The SMILES string of the molecule is CC1=C2COCCC2=CCC1. The van der Waals surface area contributed by atoms with Crippen molar-refractivity contribution in [2.75, 3.05) is 13.2 Å². The first-order valence-corrected chi connectivity index (χ1v) is 4.33. The molecule has 1 fully saturated rings. The monoisotopic (exact) mass is 150 g/mol. The van der Waals surface area contributed by atoms with Gasteiger partial charge in [0.1, 0.15) is 0 Å². The van der Waals surface area contributed by atoms with E-state index in [0.29, 0.717) is 0 Å². The molecule has 1 aliphatic heterocycles. The molecule has 2 rings (SSSR count). The normalized spacial score (nSPS) is 24.6. The summed E-state index contributed by atoms with van der Waals surface area (Å²) in [5, 5.41) is 0. The molecule has 0 aromatic rings. The van der Waals surface area contributed by atoms with E-state index in [9.17, 15) is 0 Å². The fraction of sp³-hybridized carbons (Fsp3) is 0.600. The Balaban J connectivity index is 2.29. The lowest BCUT2D eigenvalue weighted by molar-refractivity contribution is 0.144. The Kier molecular flexibility index (Phi) is 1.82. The molecule has 0 aromatic carbocycles. The number of ether oxygens (including phenoxy) is 1. The fourth-order valence-corrected chi connectivity index (χ4v) is 1.84. The molecule has 0 bridgehead atoms. The molecule has 2 aliphatic rings. The van der Waals surface area contributed by atoms with E-state index in [0.717, 1.165) is 19.6 Å². The lowest BCUT2D eigenvalue weighted by Crippen LogP contribution is -2.14. The van der Waals surface area contributed by atoms with Crippen molar-refractivity contribution in [3.63, 3.8) is 0 Å². The Morgan fingerprint density at radius 2 is 2.27 bits per heavy atom. The quantitative estimate of drug-likeness (QED) is 0.515. The molecule has 1 heteroatoms. The summed E-state index contributed by atoms with van der Waals surface area (Å²) in [6, 6.07) is 0. The Morgan fingerprint density at radius 3 is 3.09 bits per heavy atom. The molecule has 1 heterocycles. The molecule has 0 unspecified atom stereocenters. The van der Waals surface area contributed by atoms with Gasteiger partial charge in [0.25, 0.3) is 0 Å². The first kappa shape index (κ1) is 7.11. The Hall–Kier alpha value is -0.560. The standard InChI is InChI=1S/C10H14O/c1-8-3-2-4-9-5-6-11-7-10(8)9/h4H,2-3,5-7H2,1H3. The van der Waals surface area contributed by atoms with Crippen molar-refractivity contribution in [1.29, 1.82) is 0 Å². The van der Waals surface area contributed by atoms with Crippen LogP contribution in [0.25, 0.3) is 0 Å². The van der Waals surface area contributed by atoms with E-state index >= 15 is 0 Å². The molecule has 0 amide bonds. The van der Waals surface area contributed by atoms with Crippen LogP contribution in [0.2, 0.25) is 0 Å². The summed E-state index contributed by atoms with van der Waals surface area (Å²) in [6.07, 6.45) is 5.99. The van der Waals surface area contributed by atoms with Gasteiger partial charge in [-0.15, -0.1) is 0 Å². The average molecular weight is 150 g/mol. The zero-order valence-corrected chi connectivity index (χ0v) is 7.02. The van der Waals surface area contributed by atoms with Gasteiger partial charge >= 0.3 is 0 Å². The molecule has 11 heavy (non-hydrogen) atoms. The third kappa shape index (κ3) is 1.25. The number of hydrogen-bond acceptors (Lipinski definition) is 1. The Morgan fingerprint density at radius 1 is 1.36 bits per heavy atom. The molecular weight excluding hydrogens is 136 g/mol. The third-order valence-corrected chi connectivity index (χ3v) is 2.57. The van der Waals surface area contributed by atoms with Gasteiger partial charge in [0.2, 0.25) is 0 Å². The predicted octanol–water partition coefficient (Wildman–Crippen LogP) is 2.44. The largest absolute Gasteiger partial charge is 0.376 e.